The molecule has 1 heterocycles. The number of pyridine rings is 1. The van der Waals surface area contributed by atoms with Gasteiger partial charge in [-0.3, -0.25) is 4.79 Å². The van der Waals surface area contributed by atoms with E-state index in [4.69, 9.17) is 5.73 Å². The van der Waals surface area contributed by atoms with Gasteiger partial charge in [-0.05, 0) is 35.4 Å². The third-order valence-electron chi connectivity index (χ3n) is 3.67. The fourth-order valence-corrected chi connectivity index (χ4v) is 3.08. The van der Waals surface area contributed by atoms with Crippen molar-refractivity contribution in [1.29, 1.82) is 0 Å². The summed E-state index contributed by atoms with van der Waals surface area (Å²) in [5, 5.41) is 4.27. The van der Waals surface area contributed by atoms with Crippen molar-refractivity contribution in [1.82, 2.24) is 10.3 Å². The number of primary amides is 1. The normalized spacial score (nSPS) is 10.6. The van der Waals surface area contributed by atoms with E-state index in [1.807, 2.05) is 18.2 Å². The maximum atomic E-state index is 11.1. The van der Waals surface area contributed by atoms with Gasteiger partial charge in [0.05, 0.1) is 5.56 Å². The summed E-state index contributed by atoms with van der Waals surface area (Å²) in [6.45, 7) is 1.68. The summed E-state index contributed by atoms with van der Waals surface area (Å²) in [6, 6.07) is 22.2. The van der Waals surface area contributed by atoms with E-state index in [9.17, 15) is 4.79 Å². The van der Waals surface area contributed by atoms with Crippen molar-refractivity contribution in [2.24, 2.45) is 5.73 Å². The van der Waals surface area contributed by atoms with Crippen molar-refractivity contribution in [3.63, 3.8) is 0 Å². The number of rotatable bonds is 7. The van der Waals surface area contributed by atoms with Crippen LogP contribution in [0.3, 0.4) is 0 Å². The second-order valence-corrected chi connectivity index (χ2v) is 6.68. The van der Waals surface area contributed by atoms with Gasteiger partial charge in [0.15, 0.2) is 0 Å². The molecular formula is C20H19N3OS. The van der Waals surface area contributed by atoms with Crippen molar-refractivity contribution in [3.8, 4) is 0 Å². The molecule has 0 fully saturated rings. The summed E-state index contributed by atoms with van der Waals surface area (Å²) in [6.07, 6.45) is 1.51. The van der Waals surface area contributed by atoms with Crippen LogP contribution in [0.5, 0.6) is 0 Å². The zero-order chi connectivity index (χ0) is 17.5. The van der Waals surface area contributed by atoms with Gasteiger partial charge < -0.3 is 11.1 Å². The largest absolute Gasteiger partial charge is 0.366 e. The van der Waals surface area contributed by atoms with E-state index in [2.05, 4.69) is 46.7 Å². The Bertz CT molecular complexity index is 818. The van der Waals surface area contributed by atoms with Crippen molar-refractivity contribution in [2.75, 3.05) is 0 Å². The predicted octanol–water partition coefficient (Wildman–Crippen LogP) is 3.62. The highest BCUT2D eigenvalue weighted by Gasteiger charge is 2.03. The lowest BCUT2D eigenvalue weighted by atomic mass is 10.2. The number of benzene rings is 2. The number of amides is 1. The standard InChI is InChI=1S/C20H19N3OS/c21-20(24)17-8-11-19(23-14-17)25-18-9-6-16(7-10-18)13-22-12-15-4-2-1-3-5-15/h1-11,14,22H,12-13H2,(H2,21,24). The molecular weight excluding hydrogens is 330 g/mol. The van der Waals surface area contributed by atoms with Crippen molar-refractivity contribution >= 4 is 17.7 Å². The van der Waals surface area contributed by atoms with Crippen LogP contribution in [-0.4, -0.2) is 10.9 Å². The van der Waals surface area contributed by atoms with Gasteiger partial charge in [-0.2, -0.15) is 0 Å². The molecule has 0 aliphatic heterocycles. The fourth-order valence-electron chi connectivity index (χ4n) is 2.33. The number of nitrogens with one attached hydrogen (secondary N) is 1. The van der Waals surface area contributed by atoms with E-state index in [-0.39, 0.29) is 0 Å². The molecule has 0 saturated heterocycles. The molecule has 25 heavy (non-hydrogen) atoms. The monoisotopic (exact) mass is 349 g/mol. The van der Waals surface area contributed by atoms with Crippen LogP contribution in [0.15, 0.2) is 82.8 Å². The highest BCUT2D eigenvalue weighted by atomic mass is 32.2. The Hall–Kier alpha value is -2.63. The third kappa shape index (κ3) is 5.17. The fraction of sp³-hybridized carbons (Fsp3) is 0.100. The van der Waals surface area contributed by atoms with Crippen LogP contribution in [0, 0.1) is 0 Å². The molecule has 0 saturated carbocycles. The van der Waals surface area contributed by atoms with Gasteiger partial charge in [0.1, 0.15) is 5.03 Å². The molecule has 2 aromatic carbocycles. The molecule has 0 bridgehead atoms. The SMILES string of the molecule is NC(=O)c1ccc(Sc2ccc(CNCc3ccccc3)cc2)nc1. The van der Waals surface area contributed by atoms with Gasteiger partial charge in [-0.15, -0.1) is 0 Å². The maximum Gasteiger partial charge on any atom is 0.250 e. The zero-order valence-corrected chi connectivity index (χ0v) is 14.5. The van der Waals surface area contributed by atoms with Crippen LogP contribution in [0.4, 0.5) is 0 Å². The molecule has 0 radical (unpaired) electrons. The van der Waals surface area contributed by atoms with E-state index in [0.717, 1.165) is 23.0 Å². The van der Waals surface area contributed by atoms with Gasteiger partial charge >= 0.3 is 0 Å². The summed E-state index contributed by atoms with van der Waals surface area (Å²) in [7, 11) is 0. The van der Waals surface area contributed by atoms with Crippen LogP contribution < -0.4 is 11.1 Å². The van der Waals surface area contributed by atoms with E-state index in [1.54, 1.807) is 23.9 Å². The smallest absolute Gasteiger partial charge is 0.250 e. The molecule has 4 nitrogen and oxygen atoms in total. The van der Waals surface area contributed by atoms with Gasteiger partial charge in [0.2, 0.25) is 5.91 Å². The molecule has 0 atom stereocenters. The second kappa shape index (κ2) is 8.46. The average Bonchev–Trinajstić information content (AvgIpc) is 2.64. The summed E-state index contributed by atoms with van der Waals surface area (Å²) in [5.74, 6) is -0.462. The number of hydrogen-bond acceptors (Lipinski definition) is 4. The first-order chi connectivity index (χ1) is 12.2. The minimum Gasteiger partial charge on any atom is -0.366 e. The summed E-state index contributed by atoms with van der Waals surface area (Å²) >= 11 is 1.55. The number of nitrogens with zero attached hydrogens (tertiary/aromatic N) is 1. The number of carbonyl (C=O) groups is 1. The molecule has 3 aromatic rings. The molecule has 1 amide bonds. The second-order valence-electron chi connectivity index (χ2n) is 5.58. The number of hydrogen-bond donors (Lipinski definition) is 2. The van der Waals surface area contributed by atoms with Crippen LogP contribution in [0.1, 0.15) is 21.5 Å². The summed E-state index contributed by atoms with van der Waals surface area (Å²) in [4.78, 5) is 16.4. The maximum absolute atomic E-state index is 11.1. The molecule has 3 rings (SSSR count). The van der Waals surface area contributed by atoms with Gasteiger partial charge in [-0.1, -0.05) is 54.2 Å². The Balaban J connectivity index is 1.52. The Morgan fingerprint density at radius 2 is 1.60 bits per heavy atom. The van der Waals surface area contributed by atoms with Crippen LogP contribution in [-0.2, 0) is 13.1 Å². The molecule has 1 aromatic heterocycles. The highest BCUT2D eigenvalue weighted by molar-refractivity contribution is 7.99. The molecule has 0 unspecified atom stereocenters. The summed E-state index contributed by atoms with van der Waals surface area (Å²) < 4.78 is 0. The number of aromatic nitrogens is 1. The molecule has 3 N–H and O–H groups in total. The lowest BCUT2D eigenvalue weighted by molar-refractivity contribution is 0.1000. The lowest BCUT2D eigenvalue weighted by Crippen LogP contribution is -2.12. The van der Waals surface area contributed by atoms with E-state index < -0.39 is 5.91 Å². The Morgan fingerprint density at radius 1 is 0.920 bits per heavy atom. The van der Waals surface area contributed by atoms with E-state index in [1.165, 1.54) is 17.3 Å². The average molecular weight is 349 g/mol. The molecule has 5 heteroatoms. The molecule has 126 valence electrons. The summed E-state index contributed by atoms with van der Waals surface area (Å²) in [5.41, 5.74) is 8.15. The minimum absolute atomic E-state index is 0.421. The van der Waals surface area contributed by atoms with Crippen molar-refractivity contribution < 1.29 is 4.79 Å². The third-order valence-corrected chi connectivity index (χ3v) is 4.63. The molecule has 0 spiro atoms. The highest BCUT2D eigenvalue weighted by Crippen LogP contribution is 2.26. The van der Waals surface area contributed by atoms with E-state index in [0.29, 0.717) is 5.56 Å². The van der Waals surface area contributed by atoms with Crippen molar-refractivity contribution in [2.45, 2.75) is 23.0 Å². The van der Waals surface area contributed by atoms with Crippen molar-refractivity contribution in [3.05, 3.63) is 89.6 Å². The first-order valence-corrected chi connectivity index (χ1v) is 8.79. The van der Waals surface area contributed by atoms with Gasteiger partial charge in [0, 0.05) is 24.2 Å². The number of nitrogens with two attached hydrogens (primary N) is 1. The quantitative estimate of drug-likeness (QED) is 0.683. The first kappa shape index (κ1) is 17.2. The van der Waals surface area contributed by atoms with Crippen LogP contribution in [0.2, 0.25) is 0 Å². The Labute approximate surface area is 151 Å². The van der Waals surface area contributed by atoms with Crippen LogP contribution in [0.25, 0.3) is 0 Å². The number of carbonyl (C=O) groups excluding carboxylic acids is 1. The topological polar surface area (TPSA) is 68.0 Å². The first-order valence-electron chi connectivity index (χ1n) is 7.98. The predicted molar refractivity (Wildman–Crippen MR) is 100 cm³/mol. The minimum atomic E-state index is -0.462. The Morgan fingerprint density at radius 3 is 2.20 bits per heavy atom. The van der Waals surface area contributed by atoms with Gasteiger partial charge in [0.25, 0.3) is 0 Å². The van der Waals surface area contributed by atoms with Gasteiger partial charge in [-0.25, -0.2) is 4.98 Å². The van der Waals surface area contributed by atoms with E-state index >= 15 is 0 Å². The zero-order valence-electron chi connectivity index (χ0n) is 13.7. The molecule has 0 aliphatic carbocycles. The lowest BCUT2D eigenvalue weighted by Gasteiger charge is -2.06. The molecule has 0 aliphatic rings. The Kier molecular flexibility index (Phi) is 5.82. The van der Waals surface area contributed by atoms with Crippen LogP contribution >= 0.6 is 11.8 Å².